The second kappa shape index (κ2) is 7.05. The number of nitrogens with zero attached hydrogens (tertiary/aromatic N) is 1. The van der Waals surface area contributed by atoms with Crippen LogP contribution in [0, 0.1) is 23.0 Å². The second-order valence-electron chi connectivity index (χ2n) is 5.93. The van der Waals surface area contributed by atoms with Crippen molar-refractivity contribution >= 4 is 17.3 Å². The number of amides is 1. The maximum atomic E-state index is 12.6. The predicted octanol–water partition coefficient (Wildman–Crippen LogP) is 4.28. The molecular formula is C18H20N2O3. The molecule has 2 aromatic rings. The van der Waals surface area contributed by atoms with Gasteiger partial charge in [0.05, 0.1) is 10.8 Å². The predicted molar refractivity (Wildman–Crippen MR) is 90.5 cm³/mol. The first-order valence-corrected chi connectivity index (χ1v) is 7.50. The summed E-state index contributed by atoms with van der Waals surface area (Å²) in [6.45, 7) is 5.90. The highest BCUT2D eigenvalue weighted by Crippen LogP contribution is 2.27. The third-order valence-electron chi connectivity index (χ3n) is 3.73. The molecule has 2 aromatic carbocycles. The summed E-state index contributed by atoms with van der Waals surface area (Å²) in [5.41, 5.74) is 2.66. The van der Waals surface area contributed by atoms with Gasteiger partial charge in [-0.2, -0.15) is 0 Å². The minimum Gasteiger partial charge on any atom is -0.326 e. The normalized spacial score (nSPS) is 12.0. The van der Waals surface area contributed by atoms with Crippen LogP contribution in [0.2, 0.25) is 0 Å². The fourth-order valence-electron chi connectivity index (χ4n) is 2.50. The molecule has 120 valence electrons. The highest BCUT2D eigenvalue weighted by Gasteiger charge is 2.24. The van der Waals surface area contributed by atoms with Crippen molar-refractivity contribution in [3.63, 3.8) is 0 Å². The lowest BCUT2D eigenvalue weighted by molar-refractivity contribution is -0.384. The summed E-state index contributed by atoms with van der Waals surface area (Å²) in [4.78, 5) is 22.9. The quantitative estimate of drug-likeness (QED) is 0.661. The van der Waals surface area contributed by atoms with Crippen LogP contribution in [0.1, 0.15) is 30.9 Å². The fourth-order valence-corrected chi connectivity index (χ4v) is 2.50. The Morgan fingerprint density at radius 2 is 1.61 bits per heavy atom. The Labute approximate surface area is 135 Å². The first-order chi connectivity index (χ1) is 10.9. The van der Waals surface area contributed by atoms with E-state index in [-0.39, 0.29) is 23.4 Å². The molecule has 0 aliphatic carbocycles. The number of benzene rings is 2. The molecule has 1 unspecified atom stereocenters. The highest BCUT2D eigenvalue weighted by atomic mass is 16.6. The number of non-ortho nitro benzene ring substituents is 1. The average molecular weight is 312 g/mol. The van der Waals surface area contributed by atoms with Gasteiger partial charge in [0.25, 0.3) is 5.69 Å². The van der Waals surface area contributed by atoms with Crippen LogP contribution in [0.3, 0.4) is 0 Å². The summed E-state index contributed by atoms with van der Waals surface area (Å²) < 4.78 is 0. The molecule has 0 aromatic heterocycles. The summed E-state index contributed by atoms with van der Waals surface area (Å²) in [6.07, 6.45) is 0. The Kier molecular flexibility index (Phi) is 5.11. The Bertz CT molecular complexity index is 691. The van der Waals surface area contributed by atoms with Crippen molar-refractivity contribution in [3.8, 4) is 0 Å². The van der Waals surface area contributed by atoms with Crippen molar-refractivity contribution in [2.45, 2.75) is 26.7 Å². The third-order valence-corrected chi connectivity index (χ3v) is 3.73. The second-order valence-corrected chi connectivity index (χ2v) is 5.93. The fraction of sp³-hybridized carbons (Fsp3) is 0.278. The van der Waals surface area contributed by atoms with Gasteiger partial charge in [0.1, 0.15) is 0 Å². The molecule has 1 N–H and O–H groups in total. The average Bonchev–Trinajstić information content (AvgIpc) is 2.50. The molecule has 0 spiro atoms. The van der Waals surface area contributed by atoms with Gasteiger partial charge in [-0.25, -0.2) is 0 Å². The van der Waals surface area contributed by atoms with Gasteiger partial charge < -0.3 is 5.32 Å². The number of nitro benzene ring substituents is 1. The Hall–Kier alpha value is -2.69. The van der Waals surface area contributed by atoms with E-state index in [1.165, 1.54) is 12.1 Å². The topological polar surface area (TPSA) is 72.2 Å². The van der Waals surface area contributed by atoms with Crippen LogP contribution < -0.4 is 5.32 Å². The number of nitrogens with one attached hydrogen (secondary N) is 1. The molecule has 0 heterocycles. The number of aryl methyl sites for hydroxylation is 1. The zero-order valence-electron chi connectivity index (χ0n) is 13.4. The van der Waals surface area contributed by atoms with Crippen LogP contribution in [0.4, 0.5) is 11.4 Å². The van der Waals surface area contributed by atoms with Gasteiger partial charge in [-0.1, -0.05) is 43.7 Å². The lowest BCUT2D eigenvalue weighted by Crippen LogP contribution is -2.25. The molecule has 1 atom stereocenters. The SMILES string of the molecule is Cc1ccc(NC(=O)C(c2ccc([N+](=O)[O-])cc2)C(C)C)cc1. The Morgan fingerprint density at radius 1 is 1.04 bits per heavy atom. The molecule has 0 saturated heterocycles. The number of hydrogen-bond acceptors (Lipinski definition) is 3. The number of nitro groups is 1. The van der Waals surface area contributed by atoms with Crippen LogP contribution in [0.15, 0.2) is 48.5 Å². The van der Waals surface area contributed by atoms with Crippen molar-refractivity contribution in [2.24, 2.45) is 5.92 Å². The van der Waals surface area contributed by atoms with E-state index in [0.717, 1.165) is 16.8 Å². The van der Waals surface area contributed by atoms with E-state index in [4.69, 9.17) is 0 Å². The van der Waals surface area contributed by atoms with E-state index in [9.17, 15) is 14.9 Å². The molecular weight excluding hydrogens is 292 g/mol. The number of carbonyl (C=O) groups excluding carboxylic acids is 1. The van der Waals surface area contributed by atoms with Gasteiger partial charge in [-0.3, -0.25) is 14.9 Å². The van der Waals surface area contributed by atoms with Crippen LogP contribution in [0.5, 0.6) is 0 Å². The van der Waals surface area contributed by atoms with E-state index in [1.807, 2.05) is 45.0 Å². The highest BCUT2D eigenvalue weighted by molar-refractivity contribution is 5.96. The van der Waals surface area contributed by atoms with Gasteiger partial charge >= 0.3 is 0 Å². The molecule has 0 saturated carbocycles. The molecule has 0 aliphatic rings. The number of carbonyl (C=O) groups is 1. The molecule has 1 amide bonds. The van der Waals surface area contributed by atoms with Gasteiger partial charge in [-0.05, 0) is 30.5 Å². The first-order valence-electron chi connectivity index (χ1n) is 7.50. The maximum Gasteiger partial charge on any atom is 0.269 e. The van der Waals surface area contributed by atoms with Crippen LogP contribution in [0.25, 0.3) is 0 Å². The van der Waals surface area contributed by atoms with Crippen molar-refractivity contribution in [1.82, 2.24) is 0 Å². The molecule has 0 aliphatic heterocycles. The standard InChI is InChI=1S/C18H20N2O3/c1-12(2)17(14-6-10-16(11-7-14)20(22)23)18(21)19-15-8-4-13(3)5-9-15/h4-12,17H,1-3H3,(H,19,21). The lowest BCUT2D eigenvalue weighted by Gasteiger charge is -2.20. The van der Waals surface area contributed by atoms with E-state index < -0.39 is 4.92 Å². The van der Waals surface area contributed by atoms with Crippen LogP contribution >= 0.6 is 0 Å². The molecule has 5 heteroatoms. The van der Waals surface area contributed by atoms with E-state index in [0.29, 0.717) is 0 Å². The Balaban J connectivity index is 2.21. The maximum absolute atomic E-state index is 12.6. The number of anilines is 1. The minimum absolute atomic E-state index is 0.0233. The molecule has 0 radical (unpaired) electrons. The minimum atomic E-state index is -0.444. The van der Waals surface area contributed by atoms with E-state index in [2.05, 4.69) is 5.32 Å². The largest absolute Gasteiger partial charge is 0.326 e. The zero-order chi connectivity index (χ0) is 17.0. The first kappa shape index (κ1) is 16.7. The molecule has 2 rings (SSSR count). The Morgan fingerprint density at radius 3 is 2.09 bits per heavy atom. The smallest absolute Gasteiger partial charge is 0.269 e. The van der Waals surface area contributed by atoms with Crippen molar-refractivity contribution in [1.29, 1.82) is 0 Å². The number of hydrogen-bond donors (Lipinski definition) is 1. The molecule has 0 bridgehead atoms. The van der Waals surface area contributed by atoms with E-state index in [1.54, 1.807) is 12.1 Å². The number of rotatable bonds is 5. The van der Waals surface area contributed by atoms with Crippen molar-refractivity contribution < 1.29 is 9.72 Å². The van der Waals surface area contributed by atoms with Gasteiger partial charge in [0.2, 0.25) is 5.91 Å². The molecule has 23 heavy (non-hydrogen) atoms. The lowest BCUT2D eigenvalue weighted by atomic mass is 9.87. The summed E-state index contributed by atoms with van der Waals surface area (Å²) in [6, 6.07) is 13.8. The van der Waals surface area contributed by atoms with Gasteiger partial charge in [-0.15, -0.1) is 0 Å². The van der Waals surface area contributed by atoms with Gasteiger partial charge in [0, 0.05) is 17.8 Å². The summed E-state index contributed by atoms with van der Waals surface area (Å²) in [7, 11) is 0. The van der Waals surface area contributed by atoms with E-state index >= 15 is 0 Å². The van der Waals surface area contributed by atoms with Crippen molar-refractivity contribution in [3.05, 3.63) is 69.8 Å². The van der Waals surface area contributed by atoms with Crippen LogP contribution in [-0.2, 0) is 4.79 Å². The third kappa shape index (κ3) is 4.16. The van der Waals surface area contributed by atoms with Gasteiger partial charge in [0.15, 0.2) is 0 Å². The summed E-state index contributed by atoms with van der Waals surface area (Å²) in [5.74, 6) is -0.406. The monoisotopic (exact) mass is 312 g/mol. The van der Waals surface area contributed by atoms with Crippen molar-refractivity contribution in [2.75, 3.05) is 5.32 Å². The molecule has 5 nitrogen and oxygen atoms in total. The summed E-state index contributed by atoms with van der Waals surface area (Å²) >= 11 is 0. The van der Waals surface area contributed by atoms with Crippen LogP contribution in [-0.4, -0.2) is 10.8 Å². The summed E-state index contributed by atoms with van der Waals surface area (Å²) in [5, 5.41) is 13.7. The zero-order valence-corrected chi connectivity index (χ0v) is 13.4. The molecule has 0 fully saturated rings.